The molecule has 2 atom stereocenters. The predicted molar refractivity (Wildman–Crippen MR) is 284 cm³/mol. The predicted octanol–water partition coefficient (Wildman–Crippen LogP) is 17.0. The fourth-order valence-corrected chi connectivity index (χ4v) is 8.08. The number of phosphoric ester groups is 1. The van der Waals surface area contributed by atoms with Crippen LogP contribution in [0.5, 0.6) is 0 Å². The zero-order valence-electron chi connectivity index (χ0n) is 43.7. The summed E-state index contributed by atoms with van der Waals surface area (Å²) in [6.45, 7) is 5.49. The molecule has 0 amide bonds. The molecule has 0 aliphatic rings. The van der Waals surface area contributed by atoms with Gasteiger partial charge < -0.3 is 18.9 Å². The Kier molecular flexibility index (Phi) is 47.8. The van der Waals surface area contributed by atoms with Crippen LogP contribution in [0.4, 0.5) is 0 Å². The van der Waals surface area contributed by atoms with E-state index in [4.69, 9.17) is 18.5 Å². The molecular weight excluding hydrogens is 842 g/mol. The number of hydrogen-bond donors (Lipinski definition) is 1. The van der Waals surface area contributed by atoms with Gasteiger partial charge in [-0.25, -0.2) is 4.57 Å². The smallest absolute Gasteiger partial charge is 0.457 e. The summed E-state index contributed by atoms with van der Waals surface area (Å²) in [5.41, 5.74) is 0. The van der Waals surface area contributed by atoms with Crippen LogP contribution in [-0.4, -0.2) is 75.6 Å². The number of allylic oxidation sites excluding steroid dienone is 12. The quantitative estimate of drug-likeness (QED) is 0.0214. The van der Waals surface area contributed by atoms with Gasteiger partial charge in [0.1, 0.15) is 19.3 Å². The maximum atomic E-state index is 12.8. The molecule has 0 spiro atoms. The highest BCUT2D eigenvalue weighted by Gasteiger charge is 2.26. The lowest BCUT2D eigenvalue weighted by Crippen LogP contribution is -2.37. The van der Waals surface area contributed by atoms with Gasteiger partial charge in [-0.1, -0.05) is 209 Å². The first-order valence-corrected chi connectivity index (χ1v) is 28.7. The number of quaternary nitrogens is 1. The number of rotatable bonds is 50. The van der Waals surface area contributed by atoms with Crippen molar-refractivity contribution in [3.05, 3.63) is 72.9 Å². The third kappa shape index (κ3) is 52.9. The highest BCUT2D eigenvalue weighted by molar-refractivity contribution is 7.47. The van der Waals surface area contributed by atoms with Crippen molar-refractivity contribution in [3.63, 3.8) is 0 Å². The summed E-state index contributed by atoms with van der Waals surface area (Å²) in [4.78, 5) is 23.0. The molecule has 0 radical (unpaired) electrons. The molecule has 0 aromatic heterocycles. The van der Waals surface area contributed by atoms with Gasteiger partial charge in [-0.2, -0.15) is 0 Å². The summed E-state index contributed by atoms with van der Waals surface area (Å²) < 4.78 is 35.2. The number of esters is 1. The monoisotopic (exact) mass is 947 g/mol. The zero-order valence-corrected chi connectivity index (χ0v) is 44.6. The molecular formula is C57H105NO7P+. The number of likely N-dealkylation sites (N-methyl/N-ethyl adjacent to an activating group) is 1. The van der Waals surface area contributed by atoms with Gasteiger partial charge in [0.2, 0.25) is 0 Å². The van der Waals surface area contributed by atoms with Gasteiger partial charge in [-0.15, -0.1) is 0 Å². The molecule has 0 saturated heterocycles. The number of nitrogens with zero attached hydrogens (tertiary/aromatic N) is 1. The Morgan fingerprint density at radius 2 is 0.879 bits per heavy atom. The molecule has 0 fully saturated rings. The van der Waals surface area contributed by atoms with Gasteiger partial charge >= 0.3 is 13.8 Å². The molecule has 384 valence electrons. The van der Waals surface area contributed by atoms with Crippen molar-refractivity contribution in [2.75, 3.05) is 54.1 Å². The first-order valence-electron chi connectivity index (χ1n) is 27.2. The Labute approximate surface area is 408 Å². The molecule has 8 nitrogen and oxygen atoms in total. The Morgan fingerprint density at radius 3 is 1.32 bits per heavy atom. The molecule has 9 heteroatoms. The Bertz CT molecular complexity index is 1280. The lowest BCUT2D eigenvalue weighted by molar-refractivity contribution is -0.870. The minimum Gasteiger partial charge on any atom is -0.457 e. The number of phosphoric acid groups is 1. The summed E-state index contributed by atoms with van der Waals surface area (Å²) in [7, 11) is 1.66. The van der Waals surface area contributed by atoms with Crippen molar-refractivity contribution < 1.29 is 37.3 Å². The number of ether oxygens (including phenoxy) is 2. The maximum absolute atomic E-state index is 12.8. The van der Waals surface area contributed by atoms with E-state index in [9.17, 15) is 14.3 Å². The lowest BCUT2D eigenvalue weighted by Gasteiger charge is -2.24. The van der Waals surface area contributed by atoms with E-state index < -0.39 is 13.9 Å². The molecule has 0 aromatic carbocycles. The van der Waals surface area contributed by atoms with Crippen LogP contribution in [0.1, 0.15) is 226 Å². The third-order valence-corrected chi connectivity index (χ3v) is 12.5. The van der Waals surface area contributed by atoms with E-state index in [0.717, 1.165) is 70.6 Å². The van der Waals surface area contributed by atoms with E-state index in [1.165, 1.54) is 135 Å². The van der Waals surface area contributed by atoms with Crippen LogP contribution >= 0.6 is 7.82 Å². The maximum Gasteiger partial charge on any atom is 0.472 e. The highest BCUT2D eigenvalue weighted by atomic mass is 31.2. The third-order valence-electron chi connectivity index (χ3n) is 11.5. The average molecular weight is 947 g/mol. The van der Waals surface area contributed by atoms with E-state index in [1.54, 1.807) is 0 Å². The molecule has 0 heterocycles. The van der Waals surface area contributed by atoms with Crippen molar-refractivity contribution >= 4 is 13.8 Å². The standard InChI is InChI=1S/C57H104NO7P/c1-6-8-10-12-14-16-18-20-22-24-26-27-28-29-30-31-32-33-35-37-39-41-43-45-47-49-52-62-54-56(55-64-66(60,61)63-53-51-58(3,4)5)65-57(59)50-48-46-44-42-40-38-36-34-25-23-21-19-17-15-13-11-9-7-2/h8,10,14,16-17,19-20,22-23,25-27,56H,6-7,9,11-13,15,18,21,24,28-55H2,1-5H3/p+1/b10-8-,16-14-,19-17-,22-20-,25-23-,27-26-. The molecule has 1 N–H and O–H groups in total. The molecule has 0 saturated carbocycles. The molecule has 66 heavy (non-hydrogen) atoms. The largest absolute Gasteiger partial charge is 0.472 e. The summed E-state index contributed by atoms with van der Waals surface area (Å²) in [5.74, 6) is -0.322. The van der Waals surface area contributed by atoms with Crippen LogP contribution in [0, 0.1) is 0 Å². The average Bonchev–Trinajstić information content (AvgIpc) is 3.28. The van der Waals surface area contributed by atoms with Gasteiger partial charge in [-0.3, -0.25) is 13.8 Å². The molecule has 0 rings (SSSR count). The van der Waals surface area contributed by atoms with Gasteiger partial charge in [0.25, 0.3) is 0 Å². The second kappa shape index (κ2) is 49.4. The van der Waals surface area contributed by atoms with Crippen molar-refractivity contribution in [1.29, 1.82) is 0 Å². The second-order valence-electron chi connectivity index (χ2n) is 19.2. The van der Waals surface area contributed by atoms with E-state index in [0.29, 0.717) is 24.1 Å². The minimum atomic E-state index is -4.29. The summed E-state index contributed by atoms with van der Waals surface area (Å²) in [6.07, 6.45) is 65.2. The summed E-state index contributed by atoms with van der Waals surface area (Å²) in [5, 5.41) is 0. The van der Waals surface area contributed by atoms with Gasteiger partial charge in [0.05, 0.1) is 34.4 Å². The van der Waals surface area contributed by atoms with Gasteiger partial charge in [0, 0.05) is 13.0 Å². The van der Waals surface area contributed by atoms with Crippen molar-refractivity contribution in [2.24, 2.45) is 0 Å². The SMILES string of the molecule is CC/C=C\C/C=C\C/C=C\C/C=C\CCCCCCCCCCCCCCCOCC(COP(=O)(O)OCC[N+](C)(C)C)OC(=O)CCCCCCCCC/C=C\C/C=C\CCCCCC. The molecule has 0 aliphatic heterocycles. The Hall–Kier alpha value is -2.06. The van der Waals surface area contributed by atoms with Crippen LogP contribution in [-0.2, 0) is 27.9 Å². The van der Waals surface area contributed by atoms with Crippen LogP contribution in [0.15, 0.2) is 72.9 Å². The Morgan fingerprint density at radius 1 is 0.485 bits per heavy atom. The number of unbranched alkanes of at least 4 members (excludes halogenated alkanes) is 24. The van der Waals surface area contributed by atoms with Crippen LogP contribution in [0.25, 0.3) is 0 Å². The highest BCUT2D eigenvalue weighted by Crippen LogP contribution is 2.43. The van der Waals surface area contributed by atoms with Gasteiger partial charge in [-0.05, 0) is 83.5 Å². The zero-order chi connectivity index (χ0) is 48.3. The van der Waals surface area contributed by atoms with Crippen LogP contribution < -0.4 is 0 Å². The van der Waals surface area contributed by atoms with E-state index in [1.807, 2.05) is 21.1 Å². The molecule has 2 unspecified atom stereocenters. The van der Waals surface area contributed by atoms with Crippen LogP contribution in [0.3, 0.4) is 0 Å². The van der Waals surface area contributed by atoms with Gasteiger partial charge in [0.15, 0.2) is 0 Å². The molecule has 0 aromatic rings. The van der Waals surface area contributed by atoms with E-state index >= 15 is 0 Å². The number of carbonyl (C=O) groups excluding carboxylic acids is 1. The van der Waals surface area contributed by atoms with E-state index in [2.05, 4.69) is 86.8 Å². The normalized spacial score (nSPS) is 14.1. The molecule has 0 aliphatic carbocycles. The molecule has 0 bridgehead atoms. The van der Waals surface area contributed by atoms with Crippen molar-refractivity contribution in [1.82, 2.24) is 0 Å². The summed E-state index contributed by atoms with van der Waals surface area (Å²) in [6, 6.07) is 0. The Balaban J connectivity index is 4.10. The first kappa shape index (κ1) is 63.9. The van der Waals surface area contributed by atoms with E-state index in [-0.39, 0.29) is 25.8 Å². The lowest BCUT2D eigenvalue weighted by atomic mass is 10.0. The first-order chi connectivity index (χ1) is 32.1. The number of carbonyl (C=O) groups is 1. The fourth-order valence-electron chi connectivity index (χ4n) is 7.34. The summed E-state index contributed by atoms with van der Waals surface area (Å²) >= 11 is 0. The van der Waals surface area contributed by atoms with Crippen LogP contribution in [0.2, 0.25) is 0 Å². The van der Waals surface area contributed by atoms with Crippen molar-refractivity contribution in [3.8, 4) is 0 Å². The number of hydrogen-bond acceptors (Lipinski definition) is 6. The van der Waals surface area contributed by atoms with Crippen molar-refractivity contribution in [2.45, 2.75) is 232 Å². The fraction of sp³-hybridized carbons (Fsp3) is 0.772. The topological polar surface area (TPSA) is 91.3 Å². The second-order valence-corrected chi connectivity index (χ2v) is 20.7. The minimum absolute atomic E-state index is 0.0844.